The van der Waals surface area contributed by atoms with E-state index in [2.05, 4.69) is 42.2 Å². The van der Waals surface area contributed by atoms with Crippen molar-refractivity contribution in [2.75, 3.05) is 31.8 Å². The molecule has 46 heavy (non-hydrogen) atoms. The maximum Gasteiger partial charge on any atom is 0.582 e. The van der Waals surface area contributed by atoms with Crippen LogP contribution in [-0.4, -0.2) is 99.4 Å². The number of aromatic amines is 1. The Labute approximate surface area is 270 Å². The van der Waals surface area contributed by atoms with Gasteiger partial charge in [0.05, 0.1) is 32.0 Å². The highest BCUT2D eigenvalue weighted by atomic mass is 32.7. The lowest BCUT2D eigenvalue weighted by molar-refractivity contribution is -0.110. The van der Waals surface area contributed by atoms with E-state index in [0.29, 0.717) is 11.2 Å². The molecule has 248 valence electrons. The zero-order valence-corrected chi connectivity index (χ0v) is 27.5. The predicted octanol–water partition coefficient (Wildman–Crippen LogP) is 0.297. The van der Waals surface area contributed by atoms with Crippen molar-refractivity contribution in [3.05, 3.63) is 29.3 Å². The average molecular weight is 720 g/mol. The Bertz CT molecular complexity index is 1890. The summed E-state index contributed by atoms with van der Waals surface area (Å²) in [4.78, 5) is 46.6. The van der Waals surface area contributed by atoms with Crippen LogP contribution in [-0.2, 0) is 44.2 Å². The summed E-state index contributed by atoms with van der Waals surface area (Å²) < 4.78 is 50.5. The van der Waals surface area contributed by atoms with Crippen molar-refractivity contribution >= 4 is 72.1 Å². The molecular weight excluding hydrogens is 690 g/mol. The first-order valence-electron chi connectivity index (χ1n) is 13.4. The number of nitrogens with zero attached hydrogens (tertiary/aromatic N) is 7. The monoisotopic (exact) mass is 719 g/mol. The number of anilines is 2. The summed E-state index contributed by atoms with van der Waals surface area (Å²) in [6, 6.07) is 0. The number of imidazole rings is 2. The van der Waals surface area contributed by atoms with E-state index in [1.807, 2.05) is 0 Å². The molecule has 24 heteroatoms. The number of H-pyrrole nitrogens is 1. The number of aliphatic hydroxyl groups is 1. The van der Waals surface area contributed by atoms with Crippen LogP contribution in [0.1, 0.15) is 25.8 Å². The fourth-order valence-electron chi connectivity index (χ4n) is 5.52. The number of aromatic nitrogens is 8. The number of hydrogen-bond donors (Lipinski definition) is 6. The van der Waals surface area contributed by atoms with Crippen LogP contribution in [0.15, 0.2) is 23.8 Å². The van der Waals surface area contributed by atoms with Gasteiger partial charge in [0, 0.05) is 13.5 Å². The Hall–Kier alpha value is -2.72. The fraction of sp³-hybridized carbons (Fsp3) is 0.545. The van der Waals surface area contributed by atoms with Gasteiger partial charge in [-0.1, -0.05) is 0 Å². The van der Waals surface area contributed by atoms with Gasteiger partial charge in [-0.2, -0.15) is 4.98 Å². The van der Waals surface area contributed by atoms with E-state index in [9.17, 15) is 19.4 Å². The van der Waals surface area contributed by atoms with Gasteiger partial charge in [0.25, 0.3) is 5.56 Å². The maximum absolute atomic E-state index is 12.3. The van der Waals surface area contributed by atoms with Crippen LogP contribution in [0.25, 0.3) is 22.3 Å². The van der Waals surface area contributed by atoms with Gasteiger partial charge in [-0.3, -0.25) is 18.9 Å². The van der Waals surface area contributed by atoms with E-state index in [-0.39, 0.29) is 36.0 Å². The zero-order chi connectivity index (χ0) is 33.0. The van der Waals surface area contributed by atoms with Crippen LogP contribution in [0.5, 0.6) is 0 Å². The first-order valence-corrected chi connectivity index (χ1v) is 18.4. The van der Waals surface area contributed by atoms with E-state index in [4.69, 9.17) is 51.1 Å². The summed E-state index contributed by atoms with van der Waals surface area (Å²) in [5.41, 5.74) is 10.4. The largest absolute Gasteiger partial charge is 0.582 e. The van der Waals surface area contributed by atoms with Crippen LogP contribution in [0, 0.1) is 0 Å². The highest BCUT2D eigenvalue weighted by molar-refractivity contribution is 8.39. The molecule has 2 saturated heterocycles. The number of nitrogen functional groups attached to an aromatic ring is 2. The van der Waals surface area contributed by atoms with Gasteiger partial charge in [-0.25, -0.2) is 19.9 Å². The molecule has 2 aliphatic heterocycles. The third-order valence-corrected chi connectivity index (χ3v) is 9.82. The lowest BCUT2D eigenvalue weighted by atomic mass is 9.98. The maximum atomic E-state index is 12.3. The highest BCUT2D eigenvalue weighted by Crippen LogP contribution is 2.53. The van der Waals surface area contributed by atoms with Gasteiger partial charge < -0.3 is 44.7 Å². The summed E-state index contributed by atoms with van der Waals surface area (Å²) >= 11 is 9.29. The Balaban J connectivity index is 1.25. The summed E-state index contributed by atoms with van der Waals surface area (Å²) in [5.74, 6) is -0.000569. The van der Waals surface area contributed by atoms with E-state index >= 15 is 0 Å². The topological polar surface area (TPSA) is 272 Å². The normalized spacial score (nSPS) is 29.9. The average Bonchev–Trinajstić information content (AvgIpc) is 3.76. The number of hydrogen-bond acceptors (Lipinski definition) is 17. The second kappa shape index (κ2) is 12.7. The number of nitrogens with two attached hydrogens (primary N) is 2. The van der Waals surface area contributed by atoms with Crippen LogP contribution in [0.2, 0.25) is 0 Å². The van der Waals surface area contributed by atoms with Gasteiger partial charge in [-0.15, -0.1) is 4.52 Å². The van der Waals surface area contributed by atoms with E-state index in [1.165, 1.54) is 30.7 Å². The number of aliphatic hydroxyl groups excluding tert-OH is 1. The minimum atomic E-state index is -4.11. The van der Waals surface area contributed by atoms with E-state index in [0.717, 1.165) is 0 Å². The van der Waals surface area contributed by atoms with Gasteiger partial charge in [-0.05, 0) is 23.3 Å². The van der Waals surface area contributed by atoms with Crippen molar-refractivity contribution in [1.82, 2.24) is 39.0 Å². The predicted molar refractivity (Wildman–Crippen MR) is 166 cm³/mol. The van der Waals surface area contributed by atoms with Crippen molar-refractivity contribution in [2.24, 2.45) is 0 Å². The molecule has 2 aliphatic rings. The van der Waals surface area contributed by atoms with Crippen LogP contribution >= 0.6 is 26.2 Å². The number of ether oxygens (including phenoxy) is 3. The Morgan fingerprint density at radius 1 is 1.22 bits per heavy atom. The molecular formula is C22H29N10O10P2S2+. The summed E-state index contributed by atoms with van der Waals surface area (Å²) in [6.45, 7) is -3.32. The number of rotatable bonds is 11. The third-order valence-electron chi connectivity index (χ3n) is 7.56. The fourth-order valence-corrected chi connectivity index (χ4v) is 7.86. The highest BCUT2D eigenvalue weighted by Gasteiger charge is 2.59. The molecule has 6 heterocycles. The number of methoxy groups -OCH3 is 1. The first-order chi connectivity index (χ1) is 21.8. The van der Waals surface area contributed by atoms with Crippen molar-refractivity contribution < 1.29 is 42.3 Å². The smallest absolute Gasteiger partial charge is 0.394 e. The molecule has 9 atom stereocenters. The molecule has 0 bridgehead atoms. The quantitative estimate of drug-likeness (QED) is 0.0898. The molecule has 0 amide bonds. The van der Waals surface area contributed by atoms with E-state index in [1.54, 1.807) is 11.5 Å². The minimum Gasteiger partial charge on any atom is -0.394 e. The van der Waals surface area contributed by atoms with Crippen LogP contribution < -0.4 is 17.0 Å². The lowest BCUT2D eigenvalue weighted by Gasteiger charge is -2.30. The second-order valence-corrected chi connectivity index (χ2v) is 15.1. The van der Waals surface area contributed by atoms with Gasteiger partial charge in [0.2, 0.25) is 5.95 Å². The number of nitrogens with one attached hydrogen (secondary N) is 1. The third kappa shape index (κ3) is 6.16. The summed E-state index contributed by atoms with van der Waals surface area (Å²) in [7, 11) is -1.05. The molecule has 4 aromatic rings. The molecule has 0 saturated carbocycles. The van der Waals surface area contributed by atoms with Gasteiger partial charge in [0.1, 0.15) is 41.9 Å². The molecule has 0 radical (unpaired) electrons. The zero-order valence-electron chi connectivity index (χ0n) is 24.0. The minimum absolute atomic E-state index is 0.00868. The molecule has 2 fully saturated rings. The first kappa shape index (κ1) is 33.2. The van der Waals surface area contributed by atoms with Gasteiger partial charge >= 0.3 is 13.9 Å². The van der Waals surface area contributed by atoms with Crippen LogP contribution in [0.3, 0.4) is 0 Å². The lowest BCUT2D eigenvalue weighted by Crippen LogP contribution is -2.45. The molecule has 20 nitrogen and oxygen atoms in total. The Kier molecular flexibility index (Phi) is 9.17. The van der Waals surface area contributed by atoms with Gasteiger partial charge in [0.15, 0.2) is 41.2 Å². The van der Waals surface area contributed by atoms with Crippen molar-refractivity contribution in [2.45, 2.75) is 55.8 Å². The molecule has 7 N–H and O–H groups in total. The molecule has 6 rings (SSSR count). The van der Waals surface area contributed by atoms with Crippen molar-refractivity contribution in [1.29, 1.82) is 0 Å². The van der Waals surface area contributed by atoms with Crippen molar-refractivity contribution in [3.63, 3.8) is 0 Å². The Morgan fingerprint density at radius 3 is 2.63 bits per heavy atom. The molecule has 4 aromatic heterocycles. The molecule has 0 aliphatic carbocycles. The second-order valence-electron chi connectivity index (χ2n) is 10.6. The summed E-state index contributed by atoms with van der Waals surface area (Å²) in [6.07, 6.45) is -1.54. The van der Waals surface area contributed by atoms with E-state index < -0.39 is 68.6 Å². The molecule has 2 unspecified atom stereocenters. The molecule has 0 spiro atoms. The molecule has 0 aromatic carbocycles. The summed E-state index contributed by atoms with van der Waals surface area (Å²) in [5, 5.41) is 9.81. The van der Waals surface area contributed by atoms with Crippen LogP contribution in [0.4, 0.5) is 11.8 Å². The SMILES string of the molecule is CO[C@H]1[C@@H](n2cnc3c(N)ncnc32)O[C@](C)(COP(O)(=S)O[C@@H]2C[C@@H](CO)O[C@H]2n2cnc3c(=O)[nH]c(N)nc32)[C@H]1O[P+](=O)S. The standard InChI is InChI=1S/C22H28N10O10P2S2/c1-22(14(41-43(35)45)13(37-2)20(40-22)31-7-27-11-15(23)25-6-26-16(11)31)5-38-44(36,46)42-10-3-9(4-33)39-19(10)32-8-28-12-17(32)29-21(24)30-18(12)34/h6-10,13-14,19-20,33H,3-5H2,1-2H3,(H6-,23,24,25,26,29,30,34,35,36,45,46)/p+1/t9-,10+,13+,14-,19+,20-,22+,44?/m0/s1. The number of thiol groups is 1. The Morgan fingerprint density at radius 2 is 1.93 bits per heavy atom. The van der Waals surface area contributed by atoms with Crippen molar-refractivity contribution in [3.8, 4) is 0 Å². The number of fused-ring (bicyclic) bond motifs is 2.